The van der Waals surface area contributed by atoms with Crippen LogP contribution in [0.2, 0.25) is 0 Å². The molecule has 0 saturated heterocycles. The van der Waals surface area contributed by atoms with Crippen LogP contribution in [0.1, 0.15) is 18.4 Å². The third kappa shape index (κ3) is 4.02. The van der Waals surface area contributed by atoms with Crippen molar-refractivity contribution in [1.82, 2.24) is 0 Å². The molecule has 0 atom stereocenters. The Labute approximate surface area is 99.8 Å². The van der Waals surface area contributed by atoms with Crippen LogP contribution in [0.4, 0.5) is 0 Å². The molecule has 0 bridgehead atoms. The van der Waals surface area contributed by atoms with Gasteiger partial charge in [0.2, 0.25) is 9.05 Å². The molecule has 1 saturated carbocycles. The number of rotatable bonds is 5. The van der Waals surface area contributed by atoms with Gasteiger partial charge >= 0.3 is 0 Å². The van der Waals surface area contributed by atoms with E-state index >= 15 is 0 Å². The molecule has 1 fully saturated rings. The Morgan fingerprint density at radius 2 is 1.88 bits per heavy atom. The minimum atomic E-state index is -3.47. The van der Waals surface area contributed by atoms with Gasteiger partial charge in [-0.25, -0.2) is 8.42 Å². The molecule has 0 N–H and O–H groups in total. The molecule has 0 aliphatic heterocycles. The first kappa shape index (κ1) is 11.7. The van der Waals surface area contributed by atoms with Gasteiger partial charge in [-0.1, -0.05) is 12.1 Å². The van der Waals surface area contributed by atoms with Gasteiger partial charge in [0.25, 0.3) is 0 Å². The van der Waals surface area contributed by atoms with E-state index in [2.05, 4.69) is 0 Å². The predicted molar refractivity (Wildman–Crippen MR) is 63.1 cm³/mol. The number of benzene rings is 1. The largest absolute Gasteiger partial charge is 0.493 e. The van der Waals surface area contributed by atoms with Crippen molar-refractivity contribution in [2.45, 2.75) is 18.6 Å². The van der Waals surface area contributed by atoms with Crippen LogP contribution in [0.25, 0.3) is 0 Å². The van der Waals surface area contributed by atoms with Crippen LogP contribution in [0.15, 0.2) is 24.3 Å². The summed E-state index contributed by atoms with van der Waals surface area (Å²) >= 11 is 0. The molecular weight excluding hydrogens is 248 g/mol. The summed E-state index contributed by atoms with van der Waals surface area (Å²) in [7, 11) is 1.69. The SMILES string of the molecule is O=S(=O)(Cl)Cc1ccc(OCC2CC2)cc1. The maximum absolute atomic E-state index is 10.8. The zero-order valence-corrected chi connectivity index (χ0v) is 10.3. The molecule has 2 rings (SSSR count). The third-order valence-corrected chi connectivity index (χ3v) is 3.45. The van der Waals surface area contributed by atoms with Gasteiger partial charge in [0, 0.05) is 10.7 Å². The van der Waals surface area contributed by atoms with Crippen LogP contribution in [0.5, 0.6) is 5.75 Å². The monoisotopic (exact) mass is 260 g/mol. The number of hydrogen-bond donors (Lipinski definition) is 0. The van der Waals surface area contributed by atoms with Crippen molar-refractivity contribution < 1.29 is 13.2 Å². The summed E-state index contributed by atoms with van der Waals surface area (Å²) in [5.41, 5.74) is 0.675. The van der Waals surface area contributed by atoms with E-state index in [1.807, 2.05) is 0 Å². The van der Waals surface area contributed by atoms with Gasteiger partial charge in [-0.15, -0.1) is 0 Å². The zero-order valence-electron chi connectivity index (χ0n) is 8.73. The highest BCUT2D eigenvalue weighted by atomic mass is 35.7. The standard InChI is InChI=1S/C11H13ClO3S/c12-16(13,14)8-10-3-5-11(6-4-10)15-7-9-1-2-9/h3-6,9H,1-2,7-8H2. The van der Waals surface area contributed by atoms with Crippen LogP contribution in [-0.2, 0) is 14.8 Å². The lowest BCUT2D eigenvalue weighted by Crippen LogP contribution is -1.99. The zero-order chi connectivity index (χ0) is 11.6. The molecular formula is C11H13ClO3S. The maximum Gasteiger partial charge on any atom is 0.236 e. The highest BCUT2D eigenvalue weighted by Crippen LogP contribution is 2.29. The minimum absolute atomic E-state index is 0.141. The Balaban J connectivity index is 1.92. The highest BCUT2D eigenvalue weighted by Gasteiger charge is 2.21. The summed E-state index contributed by atoms with van der Waals surface area (Å²) in [4.78, 5) is 0. The molecule has 0 radical (unpaired) electrons. The molecule has 1 aliphatic rings. The van der Waals surface area contributed by atoms with Crippen LogP contribution in [0, 0.1) is 5.92 Å². The average Bonchev–Trinajstić information content (AvgIpc) is 2.98. The van der Waals surface area contributed by atoms with E-state index in [1.165, 1.54) is 12.8 Å². The van der Waals surface area contributed by atoms with Gasteiger partial charge < -0.3 is 4.74 Å². The summed E-state index contributed by atoms with van der Waals surface area (Å²) in [6.07, 6.45) is 2.51. The van der Waals surface area contributed by atoms with Crippen LogP contribution < -0.4 is 4.74 Å². The second kappa shape index (κ2) is 4.63. The lowest BCUT2D eigenvalue weighted by Gasteiger charge is -2.05. The second-order valence-corrected chi connectivity index (χ2v) is 6.86. The van der Waals surface area contributed by atoms with Crippen molar-refractivity contribution in [2.24, 2.45) is 5.92 Å². The van der Waals surface area contributed by atoms with Crippen molar-refractivity contribution in [3.05, 3.63) is 29.8 Å². The molecule has 16 heavy (non-hydrogen) atoms. The summed E-state index contributed by atoms with van der Waals surface area (Å²) in [6.45, 7) is 0.757. The fourth-order valence-corrected chi connectivity index (χ4v) is 2.35. The lowest BCUT2D eigenvalue weighted by atomic mass is 10.2. The fraction of sp³-hybridized carbons (Fsp3) is 0.455. The van der Waals surface area contributed by atoms with E-state index < -0.39 is 9.05 Å². The molecule has 0 aromatic heterocycles. The second-order valence-electron chi connectivity index (χ2n) is 4.08. The first-order valence-corrected chi connectivity index (χ1v) is 7.65. The van der Waals surface area contributed by atoms with Crippen molar-refractivity contribution >= 4 is 19.7 Å². The third-order valence-electron chi connectivity index (χ3n) is 2.45. The molecule has 0 amide bonds. The Morgan fingerprint density at radius 1 is 1.25 bits per heavy atom. The smallest absolute Gasteiger partial charge is 0.236 e. The summed E-state index contributed by atoms with van der Waals surface area (Å²) in [6, 6.07) is 7.00. The molecule has 1 aromatic rings. The molecule has 0 heterocycles. The number of ether oxygens (including phenoxy) is 1. The Bertz CT molecular complexity index is 449. The number of halogens is 1. The predicted octanol–water partition coefficient (Wildman–Crippen LogP) is 2.54. The topological polar surface area (TPSA) is 43.4 Å². The van der Waals surface area contributed by atoms with E-state index in [-0.39, 0.29) is 5.75 Å². The van der Waals surface area contributed by atoms with E-state index in [4.69, 9.17) is 15.4 Å². The van der Waals surface area contributed by atoms with Gasteiger partial charge in [0.05, 0.1) is 12.4 Å². The van der Waals surface area contributed by atoms with Crippen LogP contribution in [-0.4, -0.2) is 15.0 Å². The first-order valence-electron chi connectivity index (χ1n) is 5.17. The Hall–Kier alpha value is -0.740. The molecule has 5 heteroatoms. The molecule has 1 aliphatic carbocycles. The normalized spacial score (nSPS) is 16.1. The van der Waals surface area contributed by atoms with Crippen molar-refractivity contribution in [3.8, 4) is 5.75 Å². The molecule has 3 nitrogen and oxygen atoms in total. The molecule has 1 aromatic carbocycles. The first-order chi connectivity index (χ1) is 7.53. The van der Waals surface area contributed by atoms with Gasteiger partial charge in [-0.3, -0.25) is 0 Å². The average molecular weight is 261 g/mol. The Morgan fingerprint density at radius 3 is 2.38 bits per heavy atom. The lowest BCUT2D eigenvalue weighted by molar-refractivity contribution is 0.299. The Kier molecular flexibility index (Phi) is 3.40. The fourth-order valence-electron chi connectivity index (χ4n) is 1.38. The van der Waals surface area contributed by atoms with Crippen LogP contribution >= 0.6 is 10.7 Å². The van der Waals surface area contributed by atoms with E-state index in [0.29, 0.717) is 11.5 Å². The van der Waals surface area contributed by atoms with Gasteiger partial charge in [-0.2, -0.15) is 0 Å². The summed E-state index contributed by atoms with van der Waals surface area (Å²) < 4.78 is 27.2. The van der Waals surface area contributed by atoms with Gasteiger partial charge in [-0.05, 0) is 36.5 Å². The van der Waals surface area contributed by atoms with Crippen molar-refractivity contribution in [2.75, 3.05) is 6.61 Å². The molecule has 88 valence electrons. The maximum atomic E-state index is 10.8. The van der Waals surface area contributed by atoms with Gasteiger partial charge in [0.1, 0.15) is 5.75 Å². The molecule has 0 spiro atoms. The summed E-state index contributed by atoms with van der Waals surface area (Å²) in [5.74, 6) is 1.35. The quantitative estimate of drug-likeness (QED) is 0.764. The van der Waals surface area contributed by atoms with E-state index in [1.54, 1.807) is 24.3 Å². The number of hydrogen-bond acceptors (Lipinski definition) is 3. The van der Waals surface area contributed by atoms with E-state index in [0.717, 1.165) is 12.4 Å². The highest BCUT2D eigenvalue weighted by molar-refractivity contribution is 8.13. The van der Waals surface area contributed by atoms with Crippen molar-refractivity contribution in [1.29, 1.82) is 0 Å². The molecule has 0 unspecified atom stereocenters. The summed E-state index contributed by atoms with van der Waals surface area (Å²) in [5, 5.41) is 0. The van der Waals surface area contributed by atoms with Crippen molar-refractivity contribution in [3.63, 3.8) is 0 Å². The minimum Gasteiger partial charge on any atom is -0.493 e. The van der Waals surface area contributed by atoms with Gasteiger partial charge in [0.15, 0.2) is 0 Å². The van der Waals surface area contributed by atoms with Crippen LogP contribution in [0.3, 0.4) is 0 Å². The van der Waals surface area contributed by atoms with E-state index in [9.17, 15) is 8.42 Å².